The second kappa shape index (κ2) is 10.1. The highest BCUT2D eigenvalue weighted by molar-refractivity contribution is 14.0. The van der Waals surface area contributed by atoms with Gasteiger partial charge < -0.3 is 20.5 Å². The highest BCUT2D eigenvalue weighted by Crippen LogP contribution is 2.22. The van der Waals surface area contributed by atoms with Crippen LogP contribution in [0.25, 0.3) is 0 Å². The summed E-state index contributed by atoms with van der Waals surface area (Å²) in [5.41, 5.74) is 3.21. The molecular formula is C19H26IN3O2. The van der Waals surface area contributed by atoms with Crippen LogP contribution in [0.4, 0.5) is 0 Å². The lowest BCUT2D eigenvalue weighted by Gasteiger charge is -2.20. The summed E-state index contributed by atoms with van der Waals surface area (Å²) in [5.74, 6) is 1.61. The molecule has 0 saturated heterocycles. The Morgan fingerprint density at radius 3 is 2.60 bits per heavy atom. The molecule has 0 amide bonds. The molecule has 0 bridgehead atoms. The largest absolute Gasteiger partial charge is 0.508 e. The van der Waals surface area contributed by atoms with Crippen molar-refractivity contribution in [3.63, 3.8) is 0 Å². The van der Waals surface area contributed by atoms with Crippen LogP contribution in [0, 0.1) is 6.92 Å². The average Bonchev–Trinajstić information content (AvgIpc) is 2.60. The third-order valence-electron chi connectivity index (χ3n) is 3.96. The van der Waals surface area contributed by atoms with Crippen LogP contribution in [0.1, 0.15) is 29.7 Å². The molecule has 1 unspecified atom stereocenters. The number of hydrogen-bond acceptors (Lipinski definition) is 3. The third-order valence-corrected chi connectivity index (χ3v) is 3.96. The quantitative estimate of drug-likeness (QED) is 0.365. The second-order valence-electron chi connectivity index (χ2n) is 5.64. The Morgan fingerprint density at radius 1 is 1.24 bits per heavy atom. The molecule has 5 nitrogen and oxygen atoms in total. The van der Waals surface area contributed by atoms with Gasteiger partial charge in [0.05, 0.1) is 13.2 Å². The van der Waals surface area contributed by atoms with Crippen LogP contribution in [-0.2, 0) is 6.54 Å². The molecular weight excluding hydrogens is 429 g/mol. The van der Waals surface area contributed by atoms with Crippen molar-refractivity contribution in [2.24, 2.45) is 4.99 Å². The van der Waals surface area contributed by atoms with E-state index in [-0.39, 0.29) is 35.8 Å². The molecule has 0 heterocycles. The Bertz CT molecular complexity index is 720. The minimum Gasteiger partial charge on any atom is -0.508 e. The summed E-state index contributed by atoms with van der Waals surface area (Å²) < 4.78 is 5.19. The molecule has 0 saturated carbocycles. The van der Waals surface area contributed by atoms with Gasteiger partial charge in [0.1, 0.15) is 11.5 Å². The van der Waals surface area contributed by atoms with E-state index in [4.69, 9.17) is 4.74 Å². The minimum absolute atomic E-state index is 0. The first-order chi connectivity index (χ1) is 11.5. The number of aliphatic imine (C=N–C) groups is 1. The highest BCUT2D eigenvalue weighted by Gasteiger charge is 2.10. The SMILES string of the molecule is CN=C(NCc1cc(OC)ccc1O)NC(C)c1ccccc1C.I. The van der Waals surface area contributed by atoms with Crippen LogP contribution in [0.5, 0.6) is 11.5 Å². The summed E-state index contributed by atoms with van der Waals surface area (Å²) in [7, 11) is 3.33. The van der Waals surface area contributed by atoms with Crippen molar-refractivity contribution < 1.29 is 9.84 Å². The van der Waals surface area contributed by atoms with Crippen molar-refractivity contribution in [1.29, 1.82) is 0 Å². The zero-order valence-electron chi connectivity index (χ0n) is 15.0. The summed E-state index contributed by atoms with van der Waals surface area (Å²) in [6.45, 7) is 4.64. The molecule has 0 fully saturated rings. The van der Waals surface area contributed by atoms with Gasteiger partial charge >= 0.3 is 0 Å². The molecule has 2 aromatic carbocycles. The number of aryl methyl sites for hydroxylation is 1. The zero-order valence-corrected chi connectivity index (χ0v) is 17.4. The number of phenolic OH excluding ortho intramolecular Hbond substituents is 1. The molecule has 3 N–H and O–H groups in total. The van der Waals surface area contributed by atoms with Crippen molar-refractivity contribution in [1.82, 2.24) is 10.6 Å². The first-order valence-corrected chi connectivity index (χ1v) is 7.93. The maximum absolute atomic E-state index is 9.96. The van der Waals surface area contributed by atoms with Gasteiger partial charge in [-0.05, 0) is 43.2 Å². The fourth-order valence-corrected chi connectivity index (χ4v) is 2.56. The molecule has 0 spiro atoms. The lowest BCUT2D eigenvalue weighted by Crippen LogP contribution is -2.38. The number of benzene rings is 2. The Morgan fingerprint density at radius 2 is 1.96 bits per heavy atom. The number of nitrogens with one attached hydrogen (secondary N) is 2. The molecule has 0 aliphatic rings. The Balaban J connectivity index is 0.00000312. The fourth-order valence-electron chi connectivity index (χ4n) is 2.56. The van der Waals surface area contributed by atoms with Gasteiger partial charge in [-0.15, -0.1) is 24.0 Å². The number of halogens is 1. The number of rotatable bonds is 5. The van der Waals surface area contributed by atoms with Gasteiger partial charge in [0, 0.05) is 19.2 Å². The monoisotopic (exact) mass is 455 g/mol. The summed E-state index contributed by atoms with van der Waals surface area (Å²) >= 11 is 0. The van der Waals surface area contributed by atoms with E-state index in [1.165, 1.54) is 11.1 Å². The summed E-state index contributed by atoms with van der Waals surface area (Å²) in [4.78, 5) is 4.25. The number of aromatic hydroxyl groups is 1. The smallest absolute Gasteiger partial charge is 0.191 e. The highest BCUT2D eigenvalue weighted by atomic mass is 127. The van der Waals surface area contributed by atoms with Gasteiger partial charge in [0.25, 0.3) is 0 Å². The Kier molecular flexibility index (Phi) is 8.54. The molecule has 1 atom stereocenters. The van der Waals surface area contributed by atoms with Crippen molar-refractivity contribution in [3.8, 4) is 11.5 Å². The molecule has 0 aliphatic heterocycles. The van der Waals surface area contributed by atoms with Gasteiger partial charge in [-0.2, -0.15) is 0 Å². The standard InChI is InChI=1S/C19H25N3O2.HI/c1-13-7-5-6-8-17(13)14(2)22-19(20-3)21-12-15-11-16(24-4)9-10-18(15)23;/h5-11,14,23H,12H2,1-4H3,(H2,20,21,22);1H. The van der Waals surface area contributed by atoms with Crippen LogP contribution in [-0.4, -0.2) is 25.2 Å². The number of nitrogens with zero attached hydrogens (tertiary/aromatic N) is 1. The van der Waals surface area contributed by atoms with E-state index in [2.05, 4.69) is 41.6 Å². The topological polar surface area (TPSA) is 65.9 Å². The van der Waals surface area contributed by atoms with E-state index >= 15 is 0 Å². The number of guanidine groups is 1. The summed E-state index contributed by atoms with van der Waals surface area (Å²) in [5, 5.41) is 16.5. The van der Waals surface area contributed by atoms with Gasteiger partial charge in [-0.25, -0.2) is 0 Å². The molecule has 6 heteroatoms. The molecule has 0 aromatic heterocycles. The molecule has 0 aliphatic carbocycles. The number of phenols is 1. The summed E-state index contributed by atoms with van der Waals surface area (Å²) in [6.07, 6.45) is 0. The van der Waals surface area contributed by atoms with Crippen molar-refractivity contribution >= 4 is 29.9 Å². The van der Waals surface area contributed by atoms with Crippen LogP contribution in [0.2, 0.25) is 0 Å². The number of methoxy groups -OCH3 is 1. The van der Waals surface area contributed by atoms with E-state index in [0.717, 1.165) is 5.56 Å². The summed E-state index contributed by atoms with van der Waals surface area (Å²) in [6, 6.07) is 13.5. The first-order valence-electron chi connectivity index (χ1n) is 7.93. The van der Waals surface area contributed by atoms with Crippen LogP contribution in [0.15, 0.2) is 47.5 Å². The van der Waals surface area contributed by atoms with Gasteiger partial charge in [0.15, 0.2) is 5.96 Å². The van der Waals surface area contributed by atoms with Crippen LogP contribution >= 0.6 is 24.0 Å². The predicted octanol–water partition coefficient (Wildman–Crippen LogP) is 3.75. The van der Waals surface area contributed by atoms with E-state index in [1.807, 2.05) is 12.1 Å². The zero-order chi connectivity index (χ0) is 17.5. The molecule has 2 rings (SSSR count). The van der Waals surface area contributed by atoms with Crippen molar-refractivity contribution in [2.45, 2.75) is 26.4 Å². The second-order valence-corrected chi connectivity index (χ2v) is 5.64. The fraction of sp³-hybridized carbons (Fsp3) is 0.316. The maximum atomic E-state index is 9.96. The predicted molar refractivity (Wildman–Crippen MR) is 113 cm³/mol. The van der Waals surface area contributed by atoms with E-state index in [1.54, 1.807) is 32.4 Å². The Labute approximate surface area is 166 Å². The average molecular weight is 455 g/mol. The minimum atomic E-state index is 0. The van der Waals surface area contributed by atoms with Gasteiger partial charge in [0.2, 0.25) is 0 Å². The normalized spacial score (nSPS) is 12.1. The first kappa shape index (κ1) is 21.1. The third kappa shape index (κ3) is 5.81. The molecule has 2 aromatic rings. The van der Waals surface area contributed by atoms with Crippen LogP contribution in [0.3, 0.4) is 0 Å². The molecule has 136 valence electrons. The van der Waals surface area contributed by atoms with Crippen molar-refractivity contribution in [3.05, 3.63) is 59.2 Å². The van der Waals surface area contributed by atoms with Gasteiger partial charge in [-0.3, -0.25) is 4.99 Å². The van der Waals surface area contributed by atoms with Crippen molar-refractivity contribution in [2.75, 3.05) is 14.2 Å². The van der Waals surface area contributed by atoms with Gasteiger partial charge in [-0.1, -0.05) is 24.3 Å². The number of ether oxygens (including phenoxy) is 1. The Hall–Kier alpha value is -1.96. The van der Waals surface area contributed by atoms with Crippen LogP contribution < -0.4 is 15.4 Å². The van der Waals surface area contributed by atoms with E-state index in [0.29, 0.717) is 18.3 Å². The molecule has 25 heavy (non-hydrogen) atoms. The molecule has 0 radical (unpaired) electrons. The maximum Gasteiger partial charge on any atom is 0.191 e. The lowest BCUT2D eigenvalue weighted by atomic mass is 10.0. The number of hydrogen-bond donors (Lipinski definition) is 3. The van der Waals surface area contributed by atoms with E-state index in [9.17, 15) is 5.11 Å². The lowest BCUT2D eigenvalue weighted by molar-refractivity contribution is 0.410. The van der Waals surface area contributed by atoms with E-state index < -0.39 is 0 Å².